The predicted molar refractivity (Wildman–Crippen MR) is 102 cm³/mol. The van der Waals surface area contributed by atoms with Crippen LogP contribution in [0.2, 0.25) is 0 Å². The van der Waals surface area contributed by atoms with Crippen molar-refractivity contribution in [2.24, 2.45) is 0 Å². The summed E-state index contributed by atoms with van der Waals surface area (Å²) in [5.74, 6) is -0.714. The van der Waals surface area contributed by atoms with Gasteiger partial charge in [-0.15, -0.1) is 0 Å². The third-order valence-corrected chi connectivity index (χ3v) is 5.08. The van der Waals surface area contributed by atoms with Crippen LogP contribution in [-0.2, 0) is 4.79 Å². The number of hydrogen-bond donors (Lipinski definition) is 0. The molecule has 1 aromatic carbocycles. The summed E-state index contributed by atoms with van der Waals surface area (Å²) < 4.78 is 2.07. The molecule has 1 saturated heterocycles. The van der Waals surface area contributed by atoms with Crippen molar-refractivity contribution in [2.75, 3.05) is 33.2 Å². The summed E-state index contributed by atoms with van der Waals surface area (Å²) in [6, 6.07) is 10.2. The molecule has 26 heavy (non-hydrogen) atoms. The highest BCUT2D eigenvalue weighted by Gasteiger charge is 2.34. The van der Waals surface area contributed by atoms with Crippen LogP contribution in [0.15, 0.2) is 57.9 Å². The van der Waals surface area contributed by atoms with Crippen LogP contribution in [0.1, 0.15) is 16.4 Å². The number of likely N-dealkylation sites (N-methyl/N-ethyl adjacent to an activating group) is 1. The lowest BCUT2D eigenvalue weighted by Crippen LogP contribution is -2.51. The topological polar surface area (TPSA) is 62.6 Å². The Hall–Kier alpha value is -2.25. The summed E-state index contributed by atoms with van der Waals surface area (Å²) in [5, 5.41) is 0. The molecule has 0 saturated carbocycles. The van der Waals surface area contributed by atoms with Crippen molar-refractivity contribution >= 4 is 27.6 Å². The molecule has 6 nitrogen and oxygen atoms in total. The van der Waals surface area contributed by atoms with Gasteiger partial charge in [0, 0.05) is 48.5 Å². The number of amides is 1. The maximum Gasteiger partial charge on any atom is 0.253 e. The molecule has 1 atom stereocenters. The molecule has 1 amide bonds. The molecule has 1 aliphatic heterocycles. The van der Waals surface area contributed by atoms with Gasteiger partial charge < -0.3 is 9.80 Å². The van der Waals surface area contributed by atoms with Crippen molar-refractivity contribution in [2.45, 2.75) is 6.04 Å². The van der Waals surface area contributed by atoms with Crippen LogP contribution in [0.4, 0.5) is 0 Å². The third-order valence-electron chi connectivity index (χ3n) is 4.56. The van der Waals surface area contributed by atoms with E-state index in [1.54, 1.807) is 41.3 Å². The lowest BCUT2D eigenvalue weighted by Gasteiger charge is -2.34. The fourth-order valence-electron chi connectivity index (χ4n) is 2.98. The van der Waals surface area contributed by atoms with Gasteiger partial charge in [0.25, 0.3) is 11.5 Å². The zero-order valence-electron chi connectivity index (χ0n) is 14.5. The normalized spacial score (nSPS) is 16.3. The van der Waals surface area contributed by atoms with Crippen molar-refractivity contribution in [1.29, 1.82) is 0 Å². The standard InChI is InChI=1S/C19H20BrN3O3/c1-21-10-12-22(13-11-21)19(26)17(23-9-3-2-4-16(23)24)18(25)14-5-7-15(20)8-6-14/h2-9,17H,10-13H2,1H3/t17-/m0/s1. The lowest BCUT2D eigenvalue weighted by molar-refractivity contribution is -0.135. The first-order valence-electron chi connectivity index (χ1n) is 8.41. The molecule has 0 N–H and O–H groups in total. The minimum absolute atomic E-state index is 0.334. The van der Waals surface area contributed by atoms with Gasteiger partial charge >= 0.3 is 0 Å². The first-order valence-corrected chi connectivity index (χ1v) is 9.21. The van der Waals surface area contributed by atoms with E-state index in [4.69, 9.17) is 0 Å². The van der Waals surface area contributed by atoms with Gasteiger partial charge in [-0.05, 0) is 25.2 Å². The Morgan fingerprint density at radius 2 is 1.65 bits per heavy atom. The van der Waals surface area contributed by atoms with Gasteiger partial charge in [-0.3, -0.25) is 19.0 Å². The molecule has 0 aliphatic carbocycles. The van der Waals surface area contributed by atoms with E-state index in [0.29, 0.717) is 18.7 Å². The summed E-state index contributed by atoms with van der Waals surface area (Å²) in [7, 11) is 1.99. The number of Topliss-reactive ketones (excluding diaryl/α,β-unsaturated/α-hetero) is 1. The number of benzene rings is 1. The minimum atomic E-state index is -1.19. The lowest BCUT2D eigenvalue weighted by atomic mass is 10.0. The number of pyridine rings is 1. The highest BCUT2D eigenvalue weighted by Crippen LogP contribution is 2.19. The van der Waals surface area contributed by atoms with Crippen LogP contribution in [0.5, 0.6) is 0 Å². The van der Waals surface area contributed by atoms with E-state index in [-0.39, 0.29) is 17.2 Å². The van der Waals surface area contributed by atoms with Gasteiger partial charge in [-0.2, -0.15) is 0 Å². The Labute approximate surface area is 160 Å². The molecular weight excluding hydrogens is 398 g/mol. The molecule has 0 bridgehead atoms. The summed E-state index contributed by atoms with van der Waals surface area (Å²) in [5.41, 5.74) is 0.0295. The first-order chi connectivity index (χ1) is 12.5. The second kappa shape index (κ2) is 7.97. The number of hydrogen-bond acceptors (Lipinski definition) is 4. The van der Waals surface area contributed by atoms with Crippen LogP contribution >= 0.6 is 15.9 Å². The van der Waals surface area contributed by atoms with Crippen LogP contribution in [-0.4, -0.2) is 59.3 Å². The average Bonchev–Trinajstić information content (AvgIpc) is 2.64. The van der Waals surface area contributed by atoms with Gasteiger partial charge in [0.1, 0.15) is 0 Å². The van der Waals surface area contributed by atoms with E-state index in [0.717, 1.165) is 17.6 Å². The average molecular weight is 418 g/mol. The van der Waals surface area contributed by atoms with Crippen LogP contribution in [0.3, 0.4) is 0 Å². The molecule has 136 valence electrons. The van der Waals surface area contributed by atoms with E-state index >= 15 is 0 Å². The molecule has 0 unspecified atom stereocenters. The van der Waals surface area contributed by atoms with Crippen molar-refractivity contribution in [1.82, 2.24) is 14.4 Å². The Kier molecular flexibility index (Phi) is 5.68. The molecule has 0 radical (unpaired) electrons. The molecule has 2 heterocycles. The van der Waals surface area contributed by atoms with Crippen LogP contribution in [0.25, 0.3) is 0 Å². The third kappa shape index (κ3) is 3.94. The Morgan fingerprint density at radius 1 is 1.00 bits per heavy atom. The largest absolute Gasteiger partial charge is 0.338 e. The predicted octanol–water partition coefficient (Wildman–Crippen LogP) is 1.81. The van der Waals surface area contributed by atoms with E-state index in [9.17, 15) is 14.4 Å². The summed E-state index contributed by atoms with van der Waals surface area (Å²) in [6.07, 6.45) is 1.50. The molecule has 1 aliphatic rings. The van der Waals surface area contributed by atoms with Gasteiger partial charge in [0.15, 0.2) is 11.8 Å². The van der Waals surface area contributed by atoms with Crippen molar-refractivity contribution in [3.05, 3.63) is 69.1 Å². The SMILES string of the molecule is CN1CCN(C(=O)[C@H](C(=O)c2ccc(Br)cc2)n2ccccc2=O)CC1. The zero-order chi connectivity index (χ0) is 18.7. The number of carbonyl (C=O) groups excluding carboxylic acids is 2. The van der Waals surface area contributed by atoms with Gasteiger partial charge in [0.05, 0.1) is 0 Å². The minimum Gasteiger partial charge on any atom is -0.338 e. The Balaban J connectivity index is 1.98. The number of aromatic nitrogens is 1. The Morgan fingerprint density at radius 3 is 2.27 bits per heavy atom. The molecule has 1 aromatic heterocycles. The molecular formula is C19H20BrN3O3. The second-order valence-corrected chi connectivity index (χ2v) is 7.26. The zero-order valence-corrected chi connectivity index (χ0v) is 16.1. The summed E-state index contributed by atoms with van der Waals surface area (Å²) in [6.45, 7) is 2.57. The number of halogens is 1. The first kappa shape index (κ1) is 18.5. The number of rotatable bonds is 4. The van der Waals surface area contributed by atoms with Crippen molar-refractivity contribution in [3.63, 3.8) is 0 Å². The molecule has 1 fully saturated rings. The summed E-state index contributed by atoms with van der Waals surface area (Å²) in [4.78, 5) is 42.4. The van der Waals surface area contributed by atoms with E-state index in [1.807, 2.05) is 7.05 Å². The quantitative estimate of drug-likeness (QED) is 0.562. The second-order valence-electron chi connectivity index (χ2n) is 6.35. The Bertz CT molecular complexity index is 855. The number of ketones is 1. The van der Waals surface area contributed by atoms with Gasteiger partial charge in [-0.25, -0.2) is 0 Å². The fourth-order valence-corrected chi connectivity index (χ4v) is 3.25. The maximum absolute atomic E-state index is 13.2. The molecule has 2 aromatic rings. The maximum atomic E-state index is 13.2. The highest BCUT2D eigenvalue weighted by atomic mass is 79.9. The monoisotopic (exact) mass is 417 g/mol. The van der Waals surface area contributed by atoms with E-state index < -0.39 is 6.04 Å². The number of nitrogens with zero attached hydrogens (tertiary/aromatic N) is 3. The summed E-state index contributed by atoms with van der Waals surface area (Å²) >= 11 is 3.34. The van der Waals surface area contributed by atoms with Gasteiger partial charge in [-0.1, -0.05) is 34.1 Å². The van der Waals surface area contributed by atoms with Crippen molar-refractivity contribution in [3.8, 4) is 0 Å². The van der Waals surface area contributed by atoms with Crippen molar-refractivity contribution < 1.29 is 9.59 Å². The molecule has 0 spiro atoms. The molecule has 3 rings (SSSR count). The van der Waals surface area contributed by atoms with E-state index in [2.05, 4.69) is 20.8 Å². The van der Waals surface area contributed by atoms with Gasteiger partial charge in [0.2, 0.25) is 0 Å². The fraction of sp³-hybridized carbons (Fsp3) is 0.316. The molecule has 7 heteroatoms. The highest BCUT2D eigenvalue weighted by molar-refractivity contribution is 9.10. The smallest absolute Gasteiger partial charge is 0.253 e. The van der Waals surface area contributed by atoms with Crippen LogP contribution < -0.4 is 5.56 Å². The number of piperazine rings is 1. The van der Waals surface area contributed by atoms with Crippen LogP contribution in [0, 0.1) is 0 Å². The van der Waals surface area contributed by atoms with E-state index in [1.165, 1.54) is 16.8 Å². The number of carbonyl (C=O) groups is 2.